The lowest BCUT2D eigenvalue weighted by molar-refractivity contribution is 0.474. The molecule has 2 unspecified atom stereocenters. The summed E-state index contributed by atoms with van der Waals surface area (Å²) in [5.74, 6) is 0.806. The van der Waals surface area contributed by atoms with Crippen molar-refractivity contribution in [2.24, 2.45) is 11.8 Å². The fraction of sp³-hybridized carbons (Fsp3) is 0.100. The maximum Gasteiger partial charge on any atom is 0.0463 e. The number of hydrogen-bond acceptors (Lipinski definition) is 4. The molecule has 7 aromatic rings. The average molecular weight is 829 g/mol. The zero-order chi connectivity index (χ0) is 42.9. The molecule has 0 bridgehead atoms. The van der Waals surface area contributed by atoms with Crippen molar-refractivity contribution >= 4 is 51.2 Å². The number of nitrogens with zero attached hydrogens (tertiary/aromatic N) is 4. The van der Waals surface area contributed by atoms with Gasteiger partial charge in [-0.1, -0.05) is 127 Å². The van der Waals surface area contributed by atoms with E-state index in [0.717, 1.165) is 76.9 Å². The molecule has 3 aliphatic carbocycles. The van der Waals surface area contributed by atoms with Crippen molar-refractivity contribution in [1.29, 1.82) is 0 Å². The van der Waals surface area contributed by atoms with Crippen LogP contribution in [0.3, 0.4) is 0 Å². The lowest BCUT2D eigenvalue weighted by Crippen LogP contribution is -2.22. The number of allylic oxidation sites excluding steroid dienone is 9. The largest absolute Gasteiger partial charge is 0.311 e. The van der Waals surface area contributed by atoms with Crippen molar-refractivity contribution in [3.8, 4) is 0 Å². The Morgan fingerprint density at radius 1 is 0.266 bits per heavy atom. The molecule has 2 atom stereocenters. The molecule has 0 amide bonds. The number of para-hydroxylation sites is 5. The standard InChI is InChI=1S/C60H52N4/c1-7-19-49(20-8-1)61(50-21-9-2-10-22-50)57-39-43-59(44-40-57)63(53-27-15-5-16-28-53)55-35-31-47(32-36-55)48-33-37-56(38-34-48)64(54-29-17-6-18-30-54)60-45-41-58(42-46-60)62(51-23-11-3-12-24-51)52-25-13-4-14-26-52/h1-3,5-13,15-31,33,35-48H,4,14,32,34H2. The van der Waals surface area contributed by atoms with Gasteiger partial charge in [0.1, 0.15) is 0 Å². The molecule has 0 saturated heterocycles. The fourth-order valence-corrected chi connectivity index (χ4v) is 9.16. The third-order valence-electron chi connectivity index (χ3n) is 12.3. The van der Waals surface area contributed by atoms with E-state index in [1.54, 1.807) is 0 Å². The summed E-state index contributed by atoms with van der Waals surface area (Å²) in [6, 6.07) is 71.3. The Bertz CT molecular complexity index is 2770. The number of anilines is 9. The van der Waals surface area contributed by atoms with Gasteiger partial charge in [0.25, 0.3) is 0 Å². The van der Waals surface area contributed by atoms with Crippen LogP contribution in [0.5, 0.6) is 0 Å². The molecule has 3 aliphatic rings. The normalized spacial score (nSPS) is 16.6. The molecule has 0 heterocycles. The van der Waals surface area contributed by atoms with Crippen LogP contribution in [0.1, 0.15) is 25.7 Å². The summed E-state index contributed by atoms with van der Waals surface area (Å²) < 4.78 is 0. The number of hydrogen-bond donors (Lipinski definition) is 0. The van der Waals surface area contributed by atoms with Crippen LogP contribution in [0.2, 0.25) is 0 Å². The highest BCUT2D eigenvalue weighted by atomic mass is 15.2. The van der Waals surface area contributed by atoms with Crippen molar-refractivity contribution in [2.45, 2.75) is 25.7 Å². The smallest absolute Gasteiger partial charge is 0.0463 e. The van der Waals surface area contributed by atoms with Gasteiger partial charge < -0.3 is 19.6 Å². The minimum absolute atomic E-state index is 0.402. The van der Waals surface area contributed by atoms with Crippen LogP contribution in [0.25, 0.3) is 0 Å². The summed E-state index contributed by atoms with van der Waals surface area (Å²) in [5, 5.41) is 0. The predicted molar refractivity (Wildman–Crippen MR) is 270 cm³/mol. The van der Waals surface area contributed by atoms with E-state index >= 15 is 0 Å². The van der Waals surface area contributed by atoms with Gasteiger partial charge in [0.05, 0.1) is 0 Å². The Morgan fingerprint density at radius 2 is 0.547 bits per heavy atom. The molecule has 0 N–H and O–H groups in total. The second-order valence-electron chi connectivity index (χ2n) is 16.4. The number of benzene rings is 7. The molecule has 312 valence electrons. The van der Waals surface area contributed by atoms with Crippen molar-refractivity contribution in [3.05, 3.63) is 272 Å². The van der Waals surface area contributed by atoms with E-state index in [1.807, 2.05) is 0 Å². The quantitative estimate of drug-likeness (QED) is 0.115. The molecule has 4 heteroatoms. The minimum atomic E-state index is 0.402. The Labute approximate surface area is 378 Å². The van der Waals surface area contributed by atoms with Crippen LogP contribution in [0, 0.1) is 11.8 Å². The van der Waals surface area contributed by atoms with Gasteiger partial charge in [-0.3, -0.25) is 0 Å². The molecule has 0 fully saturated rings. The maximum atomic E-state index is 2.44. The van der Waals surface area contributed by atoms with Gasteiger partial charge in [-0.05, 0) is 165 Å². The number of rotatable bonds is 13. The van der Waals surface area contributed by atoms with Gasteiger partial charge in [0, 0.05) is 68.3 Å². The van der Waals surface area contributed by atoms with Gasteiger partial charge >= 0.3 is 0 Å². The predicted octanol–water partition coefficient (Wildman–Crippen LogP) is 16.4. The highest BCUT2D eigenvalue weighted by Crippen LogP contribution is 2.41. The van der Waals surface area contributed by atoms with Crippen LogP contribution < -0.4 is 19.6 Å². The van der Waals surface area contributed by atoms with Crippen molar-refractivity contribution in [1.82, 2.24) is 0 Å². The summed E-state index contributed by atoms with van der Waals surface area (Å²) in [7, 11) is 0. The minimum Gasteiger partial charge on any atom is -0.311 e. The van der Waals surface area contributed by atoms with Gasteiger partial charge in [-0.2, -0.15) is 0 Å². The zero-order valence-corrected chi connectivity index (χ0v) is 36.0. The van der Waals surface area contributed by atoms with E-state index in [9.17, 15) is 0 Å². The molecule has 10 rings (SSSR count). The van der Waals surface area contributed by atoms with Crippen molar-refractivity contribution < 1.29 is 0 Å². The lowest BCUT2D eigenvalue weighted by Gasteiger charge is -2.33. The monoisotopic (exact) mass is 828 g/mol. The van der Waals surface area contributed by atoms with Crippen LogP contribution in [-0.2, 0) is 0 Å². The first-order valence-corrected chi connectivity index (χ1v) is 22.6. The first-order chi connectivity index (χ1) is 31.8. The zero-order valence-electron chi connectivity index (χ0n) is 36.0. The maximum absolute atomic E-state index is 2.44. The van der Waals surface area contributed by atoms with Gasteiger partial charge in [0.2, 0.25) is 0 Å². The van der Waals surface area contributed by atoms with Crippen molar-refractivity contribution in [3.63, 3.8) is 0 Å². The van der Waals surface area contributed by atoms with Crippen LogP contribution in [0.4, 0.5) is 51.2 Å². The van der Waals surface area contributed by atoms with Crippen LogP contribution >= 0.6 is 0 Å². The molecule has 4 nitrogen and oxygen atoms in total. The third kappa shape index (κ3) is 8.77. The molecule has 0 aromatic heterocycles. The molecule has 0 saturated carbocycles. The second-order valence-corrected chi connectivity index (χ2v) is 16.4. The first-order valence-electron chi connectivity index (χ1n) is 22.6. The summed E-state index contributed by atoms with van der Waals surface area (Å²) in [6.45, 7) is 0. The Balaban J connectivity index is 0.874. The third-order valence-corrected chi connectivity index (χ3v) is 12.3. The fourth-order valence-electron chi connectivity index (χ4n) is 9.16. The van der Waals surface area contributed by atoms with Gasteiger partial charge in [0.15, 0.2) is 0 Å². The highest BCUT2D eigenvalue weighted by molar-refractivity contribution is 5.80. The SMILES string of the molecule is C1=CC(N(c2ccccc2)c2ccc(N(C3=CCC(C4C=CC(N(c5ccccc5)c5ccc(N(c6ccccc6)c6ccccc6)cc5)=CC4)C=C3)c3ccccc3)cc2)=CCC1. The molecular weight excluding hydrogens is 777 g/mol. The topological polar surface area (TPSA) is 13.0 Å². The molecule has 64 heavy (non-hydrogen) atoms. The van der Waals surface area contributed by atoms with Gasteiger partial charge in [-0.15, -0.1) is 0 Å². The molecule has 7 aromatic carbocycles. The molecule has 0 aliphatic heterocycles. The van der Waals surface area contributed by atoms with Gasteiger partial charge in [-0.25, -0.2) is 0 Å². The molecule has 0 spiro atoms. The summed E-state index contributed by atoms with van der Waals surface area (Å²) >= 11 is 0. The average Bonchev–Trinajstić information content (AvgIpc) is 3.38. The van der Waals surface area contributed by atoms with E-state index in [0.29, 0.717) is 11.8 Å². The van der Waals surface area contributed by atoms with E-state index in [1.165, 1.54) is 17.1 Å². The van der Waals surface area contributed by atoms with E-state index in [4.69, 9.17) is 0 Å². The lowest BCUT2D eigenvalue weighted by atomic mass is 9.81. The summed E-state index contributed by atoms with van der Waals surface area (Å²) in [4.78, 5) is 9.43. The van der Waals surface area contributed by atoms with E-state index in [2.05, 4.69) is 274 Å². The Kier molecular flexibility index (Phi) is 12.0. The Morgan fingerprint density at radius 3 is 0.828 bits per heavy atom. The second kappa shape index (κ2) is 19.1. The van der Waals surface area contributed by atoms with E-state index in [-0.39, 0.29) is 0 Å². The summed E-state index contributed by atoms with van der Waals surface area (Å²) in [5.41, 5.74) is 13.8. The molecular formula is C60H52N4. The van der Waals surface area contributed by atoms with Crippen molar-refractivity contribution in [2.75, 3.05) is 19.6 Å². The van der Waals surface area contributed by atoms with Crippen LogP contribution in [-0.4, -0.2) is 0 Å². The molecule has 0 radical (unpaired) electrons. The first kappa shape index (κ1) is 40.3. The summed E-state index contributed by atoms with van der Waals surface area (Å²) in [6.07, 6.45) is 25.3. The van der Waals surface area contributed by atoms with Crippen LogP contribution in [0.15, 0.2) is 272 Å². The highest BCUT2D eigenvalue weighted by Gasteiger charge is 2.25. The van der Waals surface area contributed by atoms with E-state index < -0.39 is 0 Å². The Hall–Kier alpha value is -7.82.